The van der Waals surface area contributed by atoms with Crippen LogP contribution in [0.25, 0.3) is 0 Å². The average molecular weight is 175 g/mol. The highest BCUT2D eigenvalue weighted by Gasteiger charge is 2.02. The molecule has 0 saturated heterocycles. The summed E-state index contributed by atoms with van der Waals surface area (Å²) in [5.74, 6) is 2.88. The molecule has 0 aliphatic heterocycles. The molecule has 0 aliphatic carbocycles. The first-order chi connectivity index (χ1) is 6.24. The van der Waals surface area contributed by atoms with Crippen LogP contribution in [0.15, 0.2) is 24.3 Å². The molecule has 0 fully saturated rings. The van der Waals surface area contributed by atoms with Crippen LogP contribution in [0.4, 0.5) is 0 Å². The standard InChI is InChI=1S/C11H13NO/c1-3-8-12(2)9-10-6-4-5-7-11(10)13/h1,4-7,13H,8-9H2,2H3. The van der Waals surface area contributed by atoms with E-state index in [0.29, 0.717) is 18.8 Å². The van der Waals surface area contributed by atoms with Crippen LogP contribution in [-0.2, 0) is 6.54 Å². The molecule has 1 aromatic rings. The first-order valence-corrected chi connectivity index (χ1v) is 4.13. The molecule has 0 saturated carbocycles. The van der Waals surface area contributed by atoms with Gasteiger partial charge in [0.05, 0.1) is 6.54 Å². The van der Waals surface area contributed by atoms with Crippen molar-refractivity contribution in [2.75, 3.05) is 13.6 Å². The summed E-state index contributed by atoms with van der Waals surface area (Å²) in [5.41, 5.74) is 0.903. The number of nitrogens with zero attached hydrogens (tertiary/aromatic N) is 1. The van der Waals surface area contributed by atoms with Crippen molar-refractivity contribution in [3.05, 3.63) is 29.8 Å². The Hall–Kier alpha value is -1.46. The smallest absolute Gasteiger partial charge is 0.120 e. The quantitative estimate of drug-likeness (QED) is 0.703. The molecular formula is C11H13NO. The zero-order valence-electron chi connectivity index (χ0n) is 7.70. The van der Waals surface area contributed by atoms with Crippen molar-refractivity contribution in [3.63, 3.8) is 0 Å². The van der Waals surface area contributed by atoms with Gasteiger partial charge in [0.15, 0.2) is 0 Å². The second-order valence-electron chi connectivity index (χ2n) is 3.01. The maximum atomic E-state index is 9.45. The van der Waals surface area contributed by atoms with Crippen LogP contribution in [0.2, 0.25) is 0 Å². The molecule has 0 bridgehead atoms. The summed E-state index contributed by atoms with van der Waals surface area (Å²) in [6, 6.07) is 7.28. The van der Waals surface area contributed by atoms with Gasteiger partial charge in [-0.15, -0.1) is 6.42 Å². The van der Waals surface area contributed by atoms with Gasteiger partial charge in [-0.25, -0.2) is 0 Å². The Morgan fingerprint density at radius 1 is 1.46 bits per heavy atom. The van der Waals surface area contributed by atoms with Crippen LogP contribution in [0, 0.1) is 12.3 Å². The van der Waals surface area contributed by atoms with E-state index >= 15 is 0 Å². The lowest BCUT2D eigenvalue weighted by Crippen LogP contribution is -2.17. The molecule has 0 spiro atoms. The maximum absolute atomic E-state index is 9.45. The van der Waals surface area contributed by atoms with Crippen molar-refractivity contribution < 1.29 is 5.11 Å². The lowest BCUT2D eigenvalue weighted by molar-refractivity contribution is 0.358. The van der Waals surface area contributed by atoms with E-state index in [9.17, 15) is 5.11 Å². The van der Waals surface area contributed by atoms with E-state index in [-0.39, 0.29) is 0 Å². The molecule has 13 heavy (non-hydrogen) atoms. The fourth-order valence-corrected chi connectivity index (χ4v) is 1.15. The number of para-hydroxylation sites is 1. The van der Waals surface area contributed by atoms with E-state index in [0.717, 1.165) is 5.56 Å². The molecular weight excluding hydrogens is 162 g/mol. The third-order valence-electron chi connectivity index (χ3n) is 1.79. The Morgan fingerprint density at radius 2 is 2.15 bits per heavy atom. The van der Waals surface area contributed by atoms with Crippen molar-refractivity contribution in [3.8, 4) is 18.1 Å². The van der Waals surface area contributed by atoms with Gasteiger partial charge in [0.25, 0.3) is 0 Å². The van der Waals surface area contributed by atoms with Gasteiger partial charge in [-0.2, -0.15) is 0 Å². The van der Waals surface area contributed by atoms with E-state index in [2.05, 4.69) is 5.92 Å². The first-order valence-electron chi connectivity index (χ1n) is 4.13. The third kappa shape index (κ3) is 2.81. The van der Waals surface area contributed by atoms with Crippen LogP contribution < -0.4 is 0 Å². The molecule has 1 N–H and O–H groups in total. The van der Waals surface area contributed by atoms with Gasteiger partial charge in [0.1, 0.15) is 5.75 Å². The Balaban J connectivity index is 2.64. The number of hydrogen-bond donors (Lipinski definition) is 1. The van der Waals surface area contributed by atoms with E-state index in [1.165, 1.54) is 0 Å². The minimum absolute atomic E-state index is 0.325. The second kappa shape index (κ2) is 4.54. The number of terminal acetylenes is 1. The zero-order valence-corrected chi connectivity index (χ0v) is 7.70. The van der Waals surface area contributed by atoms with Crippen LogP contribution in [0.5, 0.6) is 5.75 Å². The molecule has 0 radical (unpaired) electrons. The molecule has 0 amide bonds. The molecule has 0 atom stereocenters. The summed E-state index contributed by atoms with van der Waals surface area (Å²) in [7, 11) is 1.92. The van der Waals surface area contributed by atoms with Crippen molar-refractivity contribution in [2.45, 2.75) is 6.54 Å². The topological polar surface area (TPSA) is 23.5 Å². The SMILES string of the molecule is C#CCN(C)Cc1ccccc1O. The summed E-state index contributed by atoms with van der Waals surface area (Å²) in [5, 5.41) is 9.45. The fraction of sp³-hybridized carbons (Fsp3) is 0.273. The van der Waals surface area contributed by atoms with Gasteiger partial charge in [0.2, 0.25) is 0 Å². The summed E-state index contributed by atoms with van der Waals surface area (Å²) >= 11 is 0. The molecule has 2 nitrogen and oxygen atoms in total. The van der Waals surface area contributed by atoms with Gasteiger partial charge < -0.3 is 5.11 Å². The fourth-order valence-electron chi connectivity index (χ4n) is 1.15. The summed E-state index contributed by atoms with van der Waals surface area (Å²) in [4.78, 5) is 1.97. The minimum atomic E-state index is 0.325. The summed E-state index contributed by atoms with van der Waals surface area (Å²) < 4.78 is 0. The molecule has 68 valence electrons. The van der Waals surface area contributed by atoms with E-state index < -0.39 is 0 Å². The van der Waals surface area contributed by atoms with E-state index in [1.807, 2.05) is 24.1 Å². The van der Waals surface area contributed by atoms with Crippen LogP contribution in [-0.4, -0.2) is 23.6 Å². The molecule has 0 unspecified atom stereocenters. The number of hydrogen-bond acceptors (Lipinski definition) is 2. The normalized spacial score (nSPS) is 9.92. The monoisotopic (exact) mass is 175 g/mol. The molecule has 0 heterocycles. The Bertz CT molecular complexity index is 314. The lowest BCUT2D eigenvalue weighted by Gasteiger charge is -2.13. The van der Waals surface area contributed by atoms with E-state index in [4.69, 9.17) is 6.42 Å². The molecule has 0 aromatic heterocycles. The molecule has 2 heteroatoms. The van der Waals surface area contributed by atoms with Crippen LogP contribution >= 0.6 is 0 Å². The predicted molar refractivity (Wildman–Crippen MR) is 53.3 cm³/mol. The van der Waals surface area contributed by atoms with Crippen LogP contribution in [0.1, 0.15) is 5.56 Å². The van der Waals surface area contributed by atoms with E-state index in [1.54, 1.807) is 12.1 Å². The summed E-state index contributed by atoms with van der Waals surface area (Å²) in [6.45, 7) is 1.27. The molecule has 1 rings (SSSR count). The first kappa shape index (κ1) is 9.63. The third-order valence-corrected chi connectivity index (χ3v) is 1.79. The highest BCUT2D eigenvalue weighted by Crippen LogP contribution is 2.16. The molecule has 1 aromatic carbocycles. The average Bonchev–Trinajstić information content (AvgIpc) is 2.09. The van der Waals surface area contributed by atoms with Crippen molar-refractivity contribution in [1.82, 2.24) is 4.90 Å². The van der Waals surface area contributed by atoms with Gasteiger partial charge in [-0.05, 0) is 13.1 Å². The Morgan fingerprint density at radius 3 is 2.77 bits per heavy atom. The molecule has 0 aliphatic rings. The zero-order chi connectivity index (χ0) is 9.68. The number of benzene rings is 1. The second-order valence-corrected chi connectivity index (χ2v) is 3.01. The predicted octanol–water partition coefficient (Wildman–Crippen LogP) is 1.46. The van der Waals surface area contributed by atoms with Gasteiger partial charge >= 0.3 is 0 Å². The number of aromatic hydroxyl groups is 1. The number of rotatable bonds is 3. The highest BCUT2D eigenvalue weighted by atomic mass is 16.3. The lowest BCUT2D eigenvalue weighted by atomic mass is 10.2. The maximum Gasteiger partial charge on any atom is 0.120 e. The van der Waals surface area contributed by atoms with Crippen LogP contribution in [0.3, 0.4) is 0 Å². The number of phenolic OH excluding ortho intramolecular Hbond substituents is 1. The van der Waals surface area contributed by atoms with Gasteiger partial charge in [0, 0.05) is 12.1 Å². The van der Waals surface area contributed by atoms with Crippen molar-refractivity contribution >= 4 is 0 Å². The summed E-state index contributed by atoms with van der Waals surface area (Å²) in [6.07, 6.45) is 5.17. The minimum Gasteiger partial charge on any atom is -0.508 e. The van der Waals surface area contributed by atoms with Gasteiger partial charge in [-0.1, -0.05) is 24.1 Å². The number of phenols is 1. The van der Waals surface area contributed by atoms with Crippen molar-refractivity contribution in [2.24, 2.45) is 0 Å². The largest absolute Gasteiger partial charge is 0.508 e. The Labute approximate surface area is 78.8 Å². The van der Waals surface area contributed by atoms with Crippen molar-refractivity contribution in [1.29, 1.82) is 0 Å². The Kier molecular flexibility index (Phi) is 3.36. The highest BCUT2D eigenvalue weighted by molar-refractivity contribution is 5.31. The van der Waals surface area contributed by atoms with Gasteiger partial charge in [-0.3, -0.25) is 4.90 Å².